The van der Waals surface area contributed by atoms with Gasteiger partial charge in [0.05, 0.1) is 26.4 Å². The largest absolute Gasteiger partial charge is 0.506 e. The van der Waals surface area contributed by atoms with Crippen LogP contribution in [-0.4, -0.2) is 49.6 Å². The molecule has 3 aromatic rings. The van der Waals surface area contributed by atoms with Crippen molar-refractivity contribution >= 4 is 11.9 Å². The van der Waals surface area contributed by atoms with Crippen LogP contribution < -0.4 is 29.8 Å². The van der Waals surface area contributed by atoms with E-state index in [1.807, 2.05) is 0 Å². The number of hydrogen-bond acceptors (Lipinski definition) is 9. The highest BCUT2D eigenvalue weighted by Gasteiger charge is 2.35. The van der Waals surface area contributed by atoms with Crippen LogP contribution in [0.25, 0.3) is 0 Å². The van der Waals surface area contributed by atoms with Crippen LogP contribution in [-0.2, 0) is 16.1 Å². The average Bonchev–Trinajstić information content (AvgIpc) is 3.41. The maximum absolute atomic E-state index is 13.3. The second-order valence-electron chi connectivity index (χ2n) is 8.44. The Kier molecular flexibility index (Phi) is 8.23. The molecule has 4 rings (SSSR count). The number of aromatic hydroxyl groups is 1. The molecule has 2 aromatic carbocycles. The summed E-state index contributed by atoms with van der Waals surface area (Å²) in [5, 5.41) is 13.8. The van der Waals surface area contributed by atoms with Gasteiger partial charge in [-0.25, -0.2) is 9.18 Å². The van der Waals surface area contributed by atoms with Gasteiger partial charge in [-0.3, -0.25) is 9.59 Å². The number of aromatic nitrogens is 1. The normalized spacial score (nSPS) is 12.5. The summed E-state index contributed by atoms with van der Waals surface area (Å²) < 4.78 is 40.4. The molecule has 0 radical (unpaired) electrons. The molecule has 2 heterocycles. The first kappa shape index (κ1) is 27.3. The number of nitrogens with one attached hydrogen (secondary N) is 2. The van der Waals surface area contributed by atoms with Gasteiger partial charge in [0.25, 0.3) is 5.56 Å². The van der Waals surface area contributed by atoms with Crippen LogP contribution in [0.1, 0.15) is 46.3 Å². The van der Waals surface area contributed by atoms with Gasteiger partial charge in [-0.2, -0.15) is 0 Å². The molecule has 1 aliphatic rings. The van der Waals surface area contributed by atoms with E-state index in [1.165, 1.54) is 44.6 Å². The third-order valence-corrected chi connectivity index (χ3v) is 6.13. The van der Waals surface area contributed by atoms with E-state index < -0.39 is 34.9 Å². The predicted octanol–water partition coefficient (Wildman–Crippen LogP) is 2.98. The zero-order valence-corrected chi connectivity index (χ0v) is 21.5. The average molecular weight is 543 g/mol. The molecule has 11 nitrogen and oxygen atoms in total. The fraction of sp³-hybridized carbons (Fsp3) is 0.296. The van der Waals surface area contributed by atoms with Crippen molar-refractivity contribution in [3.63, 3.8) is 0 Å². The Morgan fingerprint density at radius 3 is 2.54 bits per heavy atom. The molecule has 0 saturated heterocycles. The summed E-state index contributed by atoms with van der Waals surface area (Å²) in [6.07, 6.45) is 0.686. The van der Waals surface area contributed by atoms with E-state index in [1.54, 1.807) is 6.92 Å². The van der Waals surface area contributed by atoms with Crippen molar-refractivity contribution < 1.29 is 42.8 Å². The van der Waals surface area contributed by atoms with Crippen molar-refractivity contribution in [3.05, 3.63) is 75.0 Å². The van der Waals surface area contributed by atoms with Crippen molar-refractivity contribution in [1.82, 2.24) is 10.3 Å². The maximum atomic E-state index is 13.3. The summed E-state index contributed by atoms with van der Waals surface area (Å²) in [6, 6.07) is 7.11. The van der Waals surface area contributed by atoms with Gasteiger partial charge in [-0.1, -0.05) is 12.1 Å². The van der Waals surface area contributed by atoms with E-state index in [4.69, 9.17) is 23.7 Å². The molecule has 0 aliphatic carbocycles. The lowest BCUT2D eigenvalue weighted by Gasteiger charge is -2.23. The first-order valence-electron chi connectivity index (χ1n) is 12.0. The number of esters is 1. The SMILES string of the molecule is CCOC(=O)c1c[nH]c(=O)c([C@@H](CC(=O)NCc2ccc(F)cc2)c2cc(OC)c3c(c2OC)OCO3)c1O. The van der Waals surface area contributed by atoms with Gasteiger partial charge >= 0.3 is 5.97 Å². The minimum absolute atomic E-state index is 0.0368. The summed E-state index contributed by atoms with van der Waals surface area (Å²) in [5.74, 6) is -2.71. The Morgan fingerprint density at radius 1 is 1.15 bits per heavy atom. The first-order chi connectivity index (χ1) is 18.8. The van der Waals surface area contributed by atoms with Gasteiger partial charge < -0.3 is 39.1 Å². The monoisotopic (exact) mass is 542 g/mol. The van der Waals surface area contributed by atoms with Crippen molar-refractivity contribution in [3.8, 4) is 28.7 Å². The summed E-state index contributed by atoms with van der Waals surface area (Å²) in [5.41, 5.74) is -0.381. The highest BCUT2D eigenvalue weighted by molar-refractivity contribution is 5.92. The summed E-state index contributed by atoms with van der Waals surface area (Å²) in [6.45, 7) is 1.60. The van der Waals surface area contributed by atoms with E-state index in [2.05, 4.69) is 10.3 Å². The van der Waals surface area contributed by atoms with E-state index in [0.29, 0.717) is 5.56 Å². The minimum Gasteiger partial charge on any atom is -0.506 e. The van der Waals surface area contributed by atoms with Gasteiger partial charge in [0.2, 0.25) is 24.2 Å². The minimum atomic E-state index is -1.14. The number of fused-ring (bicyclic) bond motifs is 1. The van der Waals surface area contributed by atoms with Crippen LogP contribution in [0.4, 0.5) is 4.39 Å². The Labute approximate surface area is 222 Å². The highest BCUT2D eigenvalue weighted by atomic mass is 19.1. The summed E-state index contributed by atoms with van der Waals surface area (Å²) >= 11 is 0. The number of ether oxygens (including phenoxy) is 5. The Bertz CT molecular complexity index is 1440. The fourth-order valence-electron chi connectivity index (χ4n) is 4.31. The number of halogens is 1. The lowest BCUT2D eigenvalue weighted by atomic mass is 9.86. The van der Waals surface area contributed by atoms with Crippen LogP contribution >= 0.6 is 0 Å². The Hall–Kier alpha value is -4.74. The standard InChI is InChI=1S/C27H27FN2O9/c1-4-37-27(34)18-12-30-26(33)21(22(18)32)16(10-20(31)29-11-14-5-7-15(28)8-6-14)17-9-19(35-2)24-25(23(17)36-3)39-13-38-24/h5-9,12,16H,4,10-11,13H2,1-3H3,(H,29,31)(H2,30,32,33)/t16-/m0/s1. The number of carbonyl (C=O) groups is 2. The molecule has 0 bridgehead atoms. The molecular formula is C27H27FN2O9. The van der Waals surface area contributed by atoms with E-state index in [9.17, 15) is 23.9 Å². The molecule has 12 heteroatoms. The molecule has 1 aromatic heterocycles. The van der Waals surface area contributed by atoms with Crippen molar-refractivity contribution in [2.24, 2.45) is 0 Å². The van der Waals surface area contributed by atoms with Crippen LogP contribution in [0, 0.1) is 5.82 Å². The van der Waals surface area contributed by atoms with E-state index >= 15 is 0 Å². The number of carbonyl (C=O) groups excluding carboxylic acids is 2. The number of amides is 1. The third-order valence-electron chi connectivity index (χ3n) is 6.13. The second-order valence-corrected chi connectivity index (χ2v) is 8.44. The highest BCUT2D eigenvalue weighted by Crippen LogP contribution is 2.53. The Morgan fingerprint density at radius 2 is 1.87 bits per heavy atom. The molecular weight excluding hydrogens is 515 g/mol. The molecule has 0 fully saturated rings. The lowest BCUT2D eigenvalue weighted by Crippen LogP contribution is -2.28. The molecule has 0 spiro atoms. The second kappa shape index (κ2) is 11.8. The molecule has 1 amide bonds. The van der Waals surface area contributed by atoms with E-state index in [0.717, 1.165) is 6.20 Å². The number of pyridine rings is 1. The first-order valence-corrected chi connectivity index (χ1v) is 12.0. The number of rotatable bonds is 10. The van der Waals surface area contributed by atoms with Crippen molar-refractivity contribution in [2.45, 2.75) is 25.8 Å². The zero-order valence-electron chi connectivity index (χ0n) is 21.5. The molecule has 3 N–H and O–H groups in total. The van der Waals surface area contributed by atoms with Gasteiger partial charge in [0.15, 0.2) is 11.5 Å². The smallest absolute Gasteiger partial charge is 0.343 e. The molecule has 206 valence electrons. The van der Waals surface area contributed by atoms with Crippen LogP contribution in [0.2, 0.25) is 0 Å². The molecule has 1 aliphatic heterocycles. The van der Waals surface area contributed by atoms with Crippen molar-refractivity contribution in [1.29, 1.82) is 0 Å². The van der Waals surface area contributed by atoms with Gasteiger partial charge in [-0.05, 0) is 30.7 Å². The lowest BCUT2D eigenvalue weighted by molar-refractivity contribution is -0.121. The molecule has 0 unspecified atom stereocenters. The van der Waals surface area contributed by atoms with Crippen LogP contribution in [0.5, 0.6) is 28.7 Å². The summed E-state index contributed by atoms with van der Waals surface area (Å²) in [7, 11) is 2.78. The zero-order chi connectivity index (χ0) is 28.1. The fourth-order valence-corrected chi connectivity index (χ4v) is 4.31. The number of benzene rings is 2. The number of methoxy groups -OCH3 is 2. The van der Waals surface area contributed by atoms with Crippen molar-refractivity contribution in [2.75, 3.05) is 27.6 Å². The van der Waals surface area contributed by atoms with Crippen LogP contribution in [0.3, 0.4) is 0 Å². The molecule has 1 atom stereocenters. The predicted molar refractivity (Wildman–Crippen MR) is 135 cm³/mol. The third kappa shape index (κ3) is 5.59. The number of hydrogen-bond donors (Lipinski definition) is 3. The van der Waals surface area contributed by atoms with Crippen LogP contribution in [0.15, 0.2) is 41.3 Å². The van der Waals surface area contributed by atoms with Gasteiger partial charge in [0.1, 0.15) is 17.1 Å². The summed E-state index contributed by atoms with van der Waals surface area (Å²) in [4.78, 5) is 41.2. The number of H-pyrrole nitrogens is 1. The topological polar surface area (TPSA) is 145 Å². The number of aromatic amines is 1. The van der Waals surface area contributed by atoms with Gasteiger partial charge in [-0.15, -0.1) is 0 Å². The quantitative estimate of drug-likeness (QED) is 0.329. The maximum Gasteiger partial charge on any atom is 0.343 e. The van der Waals surface area contributed by atoms with Gasteiger partial charge in [0, 0.05) is 30.6 Å². The molecule has 39 heavy (non-hydrogen) atoms. The van der Waals surface area contributed by atoms with E-state index in [-0.39, 0.29) is 66.1 Å². The Balaban J connectivity index is 1.81. The molecule has 0 saturated carbocycles.